The van der Waals surface area contributed by atoms with Crippen LogP contribution in [0.1, 0.15) is 26.7 Å². The van der Waals surface area contributed by atoms with Crippen molar-refractivity contribution in [2.75, 3.05) is 49.8 Å². The quantitative estimate of drug-likeness (QED) is 0.255. The monoisotopic (exact) mass is 555 g/mol. The molecule has 0 bridgehead atoms. The Labute approximate surface area is 242 Å². The number of hydrogen-bond donors (Lipinski definition) is 2. The van der Waals surface area contributed by atoms with Crippen LogP contribution >= 0.6 is 0 Å². The highest BCUT2D eigenvalue weighted by atomic mass is 16.5. The van der Waals surface area contributed by atoms with Gasteiger partial charge in [0.1, 0.15) is 5.75 Å². The van der Waals surface area contributed by atoms with Crippen molar-refractivity contribution in [3.63, 3.8) is 0 Å². The van der Waals surface area contributed by atoms with E-state index < -0.39 is 0 Å². The minimum absolute atomic E-state index is 0.275. The molecule has 1 amide bonds. The Morgan fingerprint density at radius 3 is 2.68 bits per heavy atom. The zero-order valence-corrected chi connectivity index (χ0v) is 24.9. The molecule has 216 valence electrons. The predicted octanol–water partition coefficient (Wildman–Crippen LogP) is 6.07. The normalized spacial score (nSPS) is 14.8. The standard InChI is InChI=1S/C30H35N7O2.C2H6/c1-6-29(38)32-24-16-25(28(39-5)17-27(24)37-15-9-10-20(18-37)35(2)3)34-30-31-14-13-23(33-30)22-19-36(4)26-12-8-7-11-21(22)26;1-2/h6-8,11-14,16-17,19-20H,1,9-10,15,18H2,2-5H3,(H,32,38)(H,31,33,34);1-2H3. The summed E-state index contributed by atoms with van der Waals surface area (Å²) in [5.74, 6) is 0.786. The van der Waals surface area contributed by atoms with E-state index in [0.717, 1.165) is 53.8 Å². The van der Waals surface area contributed by atoms with Crippen LogP contribution in [0.4, 0.5) is 23.0 Å². The van der Waals surface area contributed by atoms with Crippen molar-refractivity contribution >= 4 is 39.8 Å². The molecule has 1 aliphatic heterocycles. The summed E-state index contributed by atoms with van der Waals surface area (Å²) < 4.78 is 7.89. The van der Waals surface area contributed by atoms with Crippen LogP contribution in [0.2, 0.25) is 0 Å². The highest BCUT2D eigenvalue weighted by Gasteiger charge is 2.25. The number of piperidine rings is 1. The molecule has 1 saturated heterocycles. The molecule has 9 heteroatoms. The van der Waals surface area contributed by atoms with Crippen LogP contribution < -0.4 is 20.3 Å². The number of methoxy groups -OCH3 is 1. The second kappa shape index (κ2) is 13.3. The lowest BCUT2D eigenvalue weighted by Gasteiger charge is -2.38. The van der Waals surface area contributed by atoms with Gasteiger partial charge in [-0.15, -0.1) is 0 Å². The Kier molecular flexibility index (Phi) is 9.62. The maximum atomic E-state index is 12.4. The fraction of sp³-hybridized carbons (Fsp3) is 0.344. The molecule has 3 heterocycles. The zero-order valence-electron chi connectivity index (χ0n) is 24.9. The summed E-state index contributed by atoms with van der Waals surface area (Å²) in [5, 5.41) is 7.43. The summed E-state index contributed by atoms with van der Waals surface area (Å²) in [6, 6.07) is 14.4. The van der Waals surface area contributed by atoms with E-state index in [1.54, 1.807) is 13.3 Å². The number of likely N-dealkylation sites (N-methyl/N-ethyl adjacent to an activating group) is 1. The lowest BCUT2D eigenvalue weighted by Crippen LogP contribution is -2.45. The van der Waals surface area contributed by atoms with Crippen LogP contribution in [-0.4, -0.2) is 65.7 Å². The molecule has 5 rings (SSSR count). The van der Waals surface area contributed by atoms with Gasteiger partial charge in [-0.05, 0) is 51.2 Å². The molecule has 4 aromatic rings. The number of nitrogens with one attached hydrogen (secondary N) is 2. The highest BCUT2D eigenvalue weighted by molar-refractivity contribution is 6.02. The number of fused-ring (bicyclic) bond motifs is 1. The van der Waals surface area contributed by atoms with Gasteiger partial charge in [0, 0.05) is 61.1 Å². The van der Waals surface area contributed by atoms with Gasteiger partial charge in [-0.3, -0.25) is 4.79 Å². The summed E-state index contributed by atoms with van der Waals surface area (Å²) in [6.07, 6.45) is 7.29. The molecular weight excluding hydrogens is 514 g/mol. The average molecular weight is 556 g/mol. The van der Waals surface area contributed by atoms with Gasteiger partial charge >= 0.3 is 0 Å². The smallest absolute Gasteiger partial charge is 0.247 e. The van der Waals surface area contributed by atoms with Crippen LogP contribution in [0.3, 0.4) is 0 Å². The summed E-state index contributed by atoms with van der Waals surface area (Å²) in [7, 11) is 7.88. The summed E-state index contributed by atoms with van der Waals surface area (Å²) in [5.41, 5.74) is 5.20. The second-order valence-corrected chi connectivity index (χ2v) is 10.0. The summed E-state index contributed by atoms with van der Waals surface area (Å²) >= 11 is 0. The van der Waals surface area contributed by atoms with Crippen LogP contribution in [0.15, 0.2) is 67.5 Å². The molecule has 0 spiro atoms. The van der Waals surface area contributed by atoms with Crippen molar-refractivity contribution in [1.82, 2.24) is 19.4 Å². The maximum absolute atomic E-state index is 12.4. The molecule has 0 aliphatic carbocycles. The van der Waals surface area contributed by atoms with E-state index >= 15 is 0 Å². The summed E-state index contributed by atoms with van der Waals surface area (Å²) in [6.45, 7) is 9.38. The van der Waals surface area contributed by atoms with Crippen molar-refractivity contribution in [1.29, 1.82) is 0 Å². The minimum Gasteiger partial charge on any atom is -0.494 e. The van der Waals surface area contributed by atoms with E-state index in [4.69, 9.17) is 9.72 Å². The molecule has 1 aliphatic rings. The van der Waals surface area contributed by atoms with E-state index in [1.807, 2.05) is 51.2 Å². The molecule has 1 unspecified atom stereocenters. The van der Waals surface area contributed by atoms with E-state index in [-0.39, 0.29) is 5.91 Å². The molecule has 1 atom stereocenters. The Morgan fingerprint density at radius 2 is 1.95 bits per heavy atom. The van der Waals surface area contributed by atoms with Crippen molar-refractivity contribution in [3.8, 4) is 17.0 Å². The number of carbonyl (C=O) groups excluding carboxylic acids is 1. The van der Waals surface area contributed by atoms with E-state index in [2.05, 4.69) is 69.0 Å². The number of benzene rings is 2. The van der Waals surface area contributed by atoms with Gasteiger partial charge in [0.05, 0.1) is 29.9 Å². The Morgan fingerprint density at radius 1 is 1.17 bits per heavy atom. The third-order valence-electron chi connectivity index (χ3n) is 7.30. The number of rotatable bonds is 8. The molecule has 2 N–H and O–H groups in total. The van der Waals surface area contributed by atoms with E-state index in [1.165, 1.54) is 6.08 Å². The zero-order chi connectivity index (χ0) is 29.5. The number of nitrogens with zero attached hydrogens (tertiary/aromatic N) is 5. The van der Waals surface area contributed by atoms with Crippen LogP contribution in [0.5, 0.6) is 5.75 Å². The van der Waals surface area contributed by atoms with E-state index in [0.29, 0.717) is 29.1 Å². The van der Waals surface area contributed by atoms with Crippen LogP contribution in [-0.2, 0) is 11.8 Å². The number of anilines is 4. The number of carbonyl (C=O) groups is 1. The topological polar surface area (TPSA) is 87.5 Å². The molecule has 41 heavy (non-hydrogen) atoms. The fourth-order valence-corrected chi connectivity index (χ4v) is 5.21. The van der Waals surface area contributed by atoms with Gasteiger partial charge in [-0.2, -0.15) is 0 Å². The molecule has 0 saturated carbocycles. The molecule has 2 aromatic heterocycles. The number of amides is 1. The Bertz CT molecular complexity index is 1510. The van der Waals surface area contributed by atoms with E-state index in [9.17, 15) is 4.79 Å². The number of aryl methyl sites for hydroxylation is 1. The lowest BCUT2D eigenvalue weighted by atomic mass is 10.0. The SMILES string of the molecule is C=CC(=O)Nc1cc(Nc2nccc(-c3cn(C)c4ccccc34)n2)c(OC)cc1N1CCCC(N(C)C)C1.CC. The molecule has 2 aromatic carbocycles. The maximum Gasteiger partial charge on any atom is 0.247 e. The van der Waals surface area contributed by atoms with Crippen molar-refractivity contribution in [2.45, 2.75) is 32.7 Å². The third kappa shape index (κ3) is 6.52. The predicted molar refractivity (Wildman–Crippen MR) is 169 cm³/mol. The van der Waals surface area contributed by atoms with Crippen molar-refractivity contribution in [2.24, 2.45) is 7.05 Å². The first-order valence-electron chi connectivity index (χ1n) is 14.1. The van der Waals surface area contributed by atoms with Crippen LogP contribution in [0, 0.1) is 0 Å². The van der Waals surface area contributed by atoms with Gasteiger partial charge in [-0.1, -0.05) is 38.6 Å². The highest BCUT2D eigenvalue weighted by Crippen LogP contribution is 2.39. The Hall–Kier alpha value is -4.37. The average Bonchev–Trinajstić information content (AvgIpc) is 3.34. The van der Waals surface area contributed by atoms with Crippen LogP contribution in [0.25, 0.3) is 22.2 Å². The molecular formula is C32H41N7O2. The van der Waals surface area contributed by atoms with Gasteiger partial charge in [0.15, 0.2) is 0 Å². The number of ether oxygens (including phenoxy) is 1. The number of aromatic nitrogens is 3. The van der Waals surface area contributed by atoms with Crippen molar-refractivity contribution in [3.05, 3.63) is 67.5 Å². The first-order chi connectivity index (χ1) is 19.9. The van der Waals surface area contributed by atoms with Crippen molar-refractivity contribution < 1.29 is 9.53 Å². The first-order valence-corrected chi connectivity index (χ1v) is 14.1. The number of hydrogen-bond acceptors (Lipinski definition) is 7. The third-order valence-corrected chi connectivity index (χ3v) is 7.30. The van der Waals surface area contributed by atoms with Gasteiger partial charge in [0.2, 0.25) is 11.9 Å². The first kappa shape index (κ1) is 29.6. The second-order valence-electron chi connectivity index (χ2n) is 10.0. The lowest BCUT2D eigenvalue weighted by molar-refractivity contribution is -0.111. The number of para-hydroxylation sites is 1. The minimum atomic E-state index is -0.275. The fourth-order valence-electron chi connectivity index (χ4n) is 5.21. The van der Waals surface area contributed by atoms with Gasteiger partial charge in [-0.25, -0.2) is 9.97 Å². The molecule has 0 radical (unpaired) electrons. The molecule has 1 fully saturated rings. The summed E-state index contributed by atoms with van der Waals surface area (Å²) in [4.78, 5) is 26.2. The Balaban J connectivity index is 0.00000189. The van der Waals surface area contributed by atoms with Gasteiger partial charge < -0.3 is 29.7 Å². The molecule has 9 nitrogen and oxygen atoms in total. The largest absolute Gasteiger partial charge is 0.494 e. The van der Waals surface area contributed by atoms with Gasteiger partial charge in [0.25, 0.3) is 0 Å².